The van der Waals surface area contributed by atoms with Gasteiger partial charge in [-0.25, -0.2) is 4.79 Å². The molecule has 0 aliphatic carbocycles. The molecule has 0 saturated carbocycles. The van der Waals surface area contributed by atoms with Crippen molar-refractivity contribution in [1.82, 2.24) is 4.98 Å². The molecule has 0 fully saturated rings. The van der Waals surface area contributed by atoms with E-state index in [2.05, 4.69) is 9.72 Å². The molecule has 0 aromatic carbocycles. The summed E-state index contributed by atoms with van der Waals surface area (Å²) in [6.45, 7) is 0. The molecule has 0 atom stereocenters. The Labute approximate surface area is 75.5 Å². The summed E-state index contributed by atoms with van der Waals surface area (Å²) in [5, 5.41) is 0. The second-order valence-electron chi connectivity index (χ2n) is 2.28. The van der Waals surface area contributed by atoms with Crippen molar-refractivity contribution in [3.8, 4) is 5.88 Å². The van der Waals surface area contributed by atoms with Crippen molar-refractivity contribution < 1.29 is 14.3 Å². The highest BCUT2D eigenvalue weighted by Gasteiger charge is 2.13. The van der Waals surface area contributed by atoms with Gasteiger partial charge in [-0.3, -0.25) is 0 Å². The van der Waals surface area contributed by atoms with E-state index in [0.717, 1.165) is 0 Å². The lowest BCUT2D eigenvalue weighted by Crippen LogP contribution is -2.06. The lowest BCUT2D eigenvalue weighted by Gasteiger charge is -2.05. The van der Waals surface area contributed by atoms with Gasteiger partial charge in [-0.2, -0.15) is 4.98 Å². The Balaban J connectivity index is 3.13. The predicted molar refractivity (Wildman–Crippen MR) is 46.5 cm³/mol. The first kappa shape index (κ1) is 9.31. The second-order valence-corrected chi connectivity index (χ2v) is 2.28. The molecule has 5 heteroatoms. The molecular formula is C8H10N2O3. The summed E-state index contributed by atoms with van der Waals surface area (Å²) in [6.07, 6.45) is 0. The average Bonchev–Trinajstić information content (AvgIpc) is 2.16. The van der Waals surface area contributed by atoms with E-state index >= 15 is 0 Å². The highest BCUT2D eigenvalue weighted by molar-refractivity contribution is 5.92. The molecule has 0 unspecified atom stereocenters. The van der Waals surface area contributed by atoms with Crippen LogP contribution < -0.4 is 10.5 Å². The number of pyridine rings is 1. The van der Waals surface area contributed by atoms with Crippen LogP contribution in [0.3, 0.4) is 0 Å². The number of carbonyl (C=O) groups is 1. The summed E-state index contributed by atoms with van der Waals surface area (Å²) in [4.78, 5) is 14.9. The summed E-state index contributed by atoms with van der Waals surface area (Å²) < 4.78 is 9.38. The van der Waals surface area contributed by atoms with E-state index in [1.54, 1.807) is 0 Å². The molecule has 0 aliphatic heterocycles. The van der Waals surface area contributed by atoms with Gasteiger partial charge in [-0.1, -0.05) is 0 Å². The van der Waals surface area contributed by atoms with Crippen molar-refractivity contribution in [2.24, 2.45) is 0 Å². The number of rotatable bonds is 2. The number of hydrogen-bond acceptors (Lipinski definition) is 5. The maximum absolute atomic E-state index is 11.1. The Morgan fingerprint density at radius 3 is 2.69 bits per heavy atom. The van der Waals surface area contributed by atoms with E-state index in [-0.39, 0.29) is 11.4 Å². The van der Waals surface area contributed by atoms with Crippen LogP contribution in [0.1, 0.15) is 10.4 Å². The predicted octanol–water partition coefficient (Wildman–Crippen LogP) is 0.459. The van der Waals surface area contributed by atoms with Crippen LogP contribution in [0, 0.1) is 0 Å². The second kappa shape index (κ2) is 3.75. The smallest absolute Gasteiger partial charge is 0.343 e. The van der Waals surface area contributed by atoms with Crippen LogP contribution in [0.5, 0.6) is 5.88 Å². The van der Waals surface area contributed by atoms with Gasteiger partial charge in [-0.05, 0) is 12.1 Å². The zero-order valence-electron chi connectivity index (χ0n) is 7.40. The first-order valence-corrected chi connectivity index (χ1v) is 3.58. The van der Waals surface area contributed by atoms with Gasteiger partial charge >= 0.3 is 5.97 Å². The van der Waals surface area contributed by atoms with Crippen molar-refractivity contribution in [2.75, 3.05) is 20.0 Å². The van der Waals surface area contributed by atoms with E-state index in [9.17, 15) is 4.79 Å². The molecule has 5 nitrogen and oxygen atoms in total. The molecule has 0 amide bonds. The Kier molecular flexibility index (Phi) is 2.69. The molecule has 1 rings (SSSR count). The minimum Gasteiger partial charge on any atom is -0.480 e. The molecule has 1 aromatic rings. The van der Waals surface area contributed by atoms with Crippen LogP contribution in [0.4, 0.5) is 5.82 Å². The largest absolute Gasteiger partial charge is 0.480 e. The lowest BCUT2D eigenvalue weighted by molar-refractivity contribution is 0.0596. The fourth-order valence-electron chi connectivity index (χ4n) is 0.876. The summed E-state index contributed by atoms with van der Waals surface area (Å²) in [6, 6.07) is 3.02. The summed E-state index contributed by atoms with van der Waals surface area (Å²) >= 11 is 0. The molecule has 2 N–H and O–H groups in total. The number of anilines is 1. The fourth-order valence-corrected chi connectivity index (χ4v) is 0.876. The molecule has 0 radical (unpaired) electrons. The molecule has 13 heavy (non-hydrogen) atoms. The maximum atomic E-state index is 11.1. The summed E-state index contributed by atoms with van der Waals surface area (Å²) in [7, 11) is 2.70. The fraction of sp³-hybridized carbons (Fsp3) is 0.250. The number of methoxy groups -OCH3 is 2. The number of esters is 1. The van der Waals surface area contributed by atoms with Gasteiger partial charge in [0.15, 0.2) is 0 Å². The van der Waals surface area contributed by atoms with Gasteiger partial charge in [0.25, 0.3) is 0 Å². The van der Waals surface area contributed by atoms with E-state index in [1.807, 2.05) is 0 Å². The minimum atomic E-state index is -0.496. The van der Waals surface area contributed by atoms with E-state index < -0.39 is 5.97 Å². The number of hydrogen-bond donors (Lipinski definition) is 1. The standard InChI is InChI=1S/C8H10N2O3/c1-12-7-5(8(11)13-2)3-4-6(9)10-7/h3-4H,1-2H3,(H2,9,10). The molecule has 1 heterocycles. The van der Waals surface area contributed by atoms with Crippen molar-refractivity contribution in [1.29, 1.82) is 0 Å². The Morgan fingerprint density at radius 2 is 2.15 bits per heavy atom. The van der Waals surface area contributed by atoms with Crippen molar-refractivity contribution in [2.45, 2.75) is 0 Å². The average molecular weight is 182 g/mol. The van der Waals surface area contributed by atoms with Gasteiger partial charge in [0, 0.05) is 0 Å². The van der Waals surface area contributed by atoms with Crippen LogP contribution in [-0.2, 0) is 4.74 Å². The number of nitrogens with zero attached hydrogens (tertiary/aromatic N) is 1. The number of nitrogen functional groups attached to an aromatic ring is 1. The number of carbonyl (C=O) groups excluding carboxylic acids is 1. The highest BCUT2D eigenvalue weighted by Crippen LogP contribution is 2.17. The Morgan fingerprint density at radius 1 is 1.46 bits per heavy atom. The van der Waals surface area contributed by atoms with Crippen molar-refractivity contribution >= 4 is 11.8 Å². The lowest BCUT2D eigenvalue weighted by atomic mass is 10.2. The van der Waals surface area contributed by atoms with Crippen LogP contribution >= 0.6 is 0 Å². The monoisotopic (exact) mass is 182 g/mol. The quantitative estimate of drug-likeness (QED) is 0.672. The molecule has 0 bridgehead atoms. The van der Waals surface area contributed by atoms with Crippen LogP contribution in [0.15, 0.2) is 12.1 Å². The third kappa shape index (κ3) is 1.87. The zero-order chi connectivity index (χ0) is 9.84. The topological polar surface area (TPSA) is 74.4 Å². The normalized spacial score (nSPS) is 9.38. The van der Waals surface area contributed by atoms with Crippen LogP contribution in [-0.4, -0.2) is 25.2 Å². The van der Waals surface area contributed by atoms with Gasteiger partial charge in [-0.15, -0.1) is 0 Å². The van der Waals surface area contributed by atoms with Crippen LogP contribution in [0.2, 0.25) is 0 Å². The van der Waals surface area contributed by atoms with Crippen molar-refractivity contribution in [3.63, 3.8) is 0 Å². The van der Waals surface area contributed by atoms with Gasteiger partial charge in [0.2, 0.25) is 5.88 Å². The molecule has 0 spiro atoms. The van der Waals surface area contributed by atoms with Gasteiger partial charge in [0.1, 0.15) is 11.4 Å². The number of nitrogens with two attached hydrogens (primary N) is 1. The van der Waals surface area contributed by atoms with Crippen molar-refractivity contribution in [3.05, 3.63) is 17.7 Å². The van der Waals surface area contributed by atoms with Crippen LogP contribution in [0.25, 0.3) is 0 Å². The Hall–Kier alpha value is -1.78. The molecule has 0 aliphatic rings. The molecule has 70 valence electrons. The van der Waals surface area contributed by atoms with Gasteiger partial charge < -0.3 is 15.2 Å². The minimum absolute atomic E-state index is 0.173. The number of aromatic nitrogens is 1. The first-order chi connectivity index (χ1) is 6.19. The maximum Gasteiger partial charge on any atom is 0.343 e. The number of ether oxygens (including phenoxy) is 2. The SMILES string of the molecule is COC(=O)c1ccc(N)nc1OC. The molecular weight excluding hydrogens is 172 g/mol. The third-order valence-electron chi connectivity index (χ3n) is 1.48. The van der Waals surface area contributed by atoms with Gasteiger partial charge in [0.05, 0.1) is 14.2 Å². The third-order valence-corrected chi connectivity index (χ3v) is 1.48. The first-order valence-electron chi connectivity index (χ1n) is 3.58. The molecule has 1 aromatic heterocycles. The van der Waals surface area contributed by atoms with E-state index in [4.69, 9.17) is 10.5 Å². The van der Waals surface area contributed by atoms with E-state index in [0.29, 0.717) is 5.82 Å². The summed E-state index contributed by atoms with van der Waals surface area (Å²) in [5.74, 6) is -0.0271. The Bertz CT molecular complexity index is 325. The molecule has 0 saturated heterocycles. The van der Waals surface area contributed by atoms with E-state index in [1.165, 1.54) is 26.4 Å². The highest BCUT2D eigenvalue weighted by atomic mass is 16.5. The zero-order valence-corrected chi connectivity index (χ0v) is 7.40. The summed E-state index contributed by atoms with van der Waals surface area (Å²) in [5.41, 5.74) is 5.66.